The van der Waals surface area contributed by atoms with Gasteiger partial charge in [-0.1, -0.05) is 30.3 Å². The van der Waals surface area contributed by atoms with Gasteiger partial charge in [-0.25, -0.2) is 9.78 Å². The first-order chi connectivity index (χ1) is 13.8. The Morgan fingerprint density at radius 3 is 2.76 bits per heavy atom. The third-order valence-electron chi connectivity index (χ3n) is 4.32. The molecule has 1 amide bonds. The minimum absolute atomic E-state index is 0.126. The van der Waals surface area contributed by atoms with E-state index in [1.807, 2.05) is 61.4 Å². The van der Waals surface area contributed by atoms with Gasteiger partial charge in [-0.15, -0.1) is 11.3 Å². The number of carbonyl (C=O) groups excluding carboxylic acids is 2. The van der Waals surface area contributed by atoms with Gasteiger partial charge in [0.1, 0.15) is 16.7 Å². The standard InChI is InChI=1S/C21H27N3O4S/c1-21(2,3)28-20(26)16-13-24(10-11-27-16)14-17(25)23-18(19-22-9-12-29-19)15-7-5-4-6-8-15/h4-9,12,16,18H,10-11,13-14H2,1-3H3,(H,23,25)/t16-,18-/m0/s1. The summed E-state index contributed by atoms with van der Waals surface area (Å²) in [6.45, 7) is 6.93. The van der Waals surface area contributed by atoms with E-state index >= 15 is 0 Å². The molecule has 2 atom stereocenters. The molecule has 0 unspecified atom stereocenters. The quantitative estimate of drug-likeness (QED) is 0.727. The minimum Gasteiger partial charge on any atom is -0.458 e. The molecule has 156 valence electrons. The normalized spacial score (nSPS) is 18.8. The van der Waals surface area contributed by atoms with E-state index in [1.165, 1.54) is 11.3 Å². The predicted molar refractivity (Wildman–Crippen MR) is 111 cm³/mol. The van der Waals surface area contributed by atoms with E-state index in [0.29, 0.717) is 19.7 Å². The molecule has 0 spiro atoms. The van der Waals surface area contributed by atoms with Gasteiger partial charge < -0.3 is 14.8 Å². The van der Waals surface area contributed by atoms with Crippen molar-refractivity contribution in [2.24, 2.45) is 0 Å². The number of esters is 1. The predicted octanol–water partition coefficient (Wildman–Crippen LogP) is 2.39. The van der Waals surface area contributed by atoms with Crippen molar-refractivity contribution in [3.63, 3.8) is 0 Å². The number of amides is 1. The lowest BCUT2D eigenvalue weighted by Gasteiger charge is -2.33. The lowest BCUT2D eigenvalue weighted by atomic mass is 10.1. The smallest absolute Gasteiger partial charge is 0.337 e. The van der Waals surface area contributed by atoms with Gasteiger partial charge >= 0.3 is 5.97 Å². The topological polar surface area (TPSA) is 80.8 Å². The first-order valence-corrected chi connectivity index (χ1v) is 10.5. The third kappa shape index (κ3) is 6.35. The van der Waals surface area contributed by atoms with Crippen LogP contribution >= 0.6 is 11.3 Å². The zero-order chi connectivity index (χ0) is 20.9. The lowest BCUT2D eigenvalue weighted by Crippen LogP contribution is -2.50. The molecule has 2 aromatic rings. The molecule has 3 rings (SSSR count). The van der Waals surface area contributed by atoms with Gasteiger partial charge in [-0.3, -0.25) is 9.69 Å². The van der Waals surface area contributed by atoms with Crippen LogP contribution in [0, 0.1) is 0 Å². The average Bonchev–Trinajstić information content (AvgIpc) is 3.20. The van der Waals surface area contributed by atoms with Crippen LogP contribution in [0.5, 0.6) is 0 Å². The highest BCUT2D eigenvalue weighted by atomic mass is 32.1. The fourth-order valence-electron chi connectivity index (χ4n) is 3.08. The Labute approximate surface area is 175 Å². The van der Waals surface area contributed by atoms with Crippen LogP contribution in [0.4, 0.5) is 0 Å². The second kappa shape index (κ2) is 9.47. The lowest BCUT2D eigenvalue weighted by molar-refractivity contribution is -0.174. The summed E-state index contributed by atoms with van der Waals surface area (Å²) < 4.78 is 11.0. The van der Waals surface area contributed by atoms with Crippen molar-refractivity contribution in [2.45, 2.75) is 38.5 Å². The monoisotopic (exact) mass is 417 g/mol. The number of carbonyl (C=O) groups is 2. The van der Waals surface area contributed by atoms with Crippen LogP contribution in [0.1, 0.15) is 37.4 Å². The fourth-order valence-corrected chi connectivity index (χ4v) is 3.79. The Kier molecular flexibility index (Phi) is 7.00. The van der Waals surface area contributed by atoms with E-state index in [9.17, 15) is 9.59 Å². The van der Waals surface area contributed by atoms with Gasteiger partial charge in [-0.2, -0.15) is 0 Å². The number of nitrogens with zero attached hydrogens (tertiary/aromatic N) is 2. The maximum absolute atomic E-state index is 12.8. The molecule has 1 aliphatic heterocycles. The molecule has 29 heavy (non-hydrogen) atoms. The highest BCUT2D eigenvalue weighted by molar-refractivity contribution is 7.09. The van der Waals surface area contributed by atoms with Crippen LogP contribution in [0.15, 0.2) is 41.9 Å². The minimum atomic E-state index is -0.681. The van der Waals surface area contributed by atoms with Crippen LogP contribution in [0.2, 0.25) is 0 Å². The first kappa shape index (κ1) is 21.4. The number of ether oxygens (including phenoxy) is 2. The van der Waals surface area contributed by atoms with E-state index < -0.39 is 17.7 Å². The Morgan fingerprint density at radius 1 is 1.34 bits per heavy atom. The van der Waals surface area contributed by atoms with Crippen molar-refractivity contribution in [3.05, 3.63) is 52.5 Å². The molecular formula is C21H27N3O4S. The Hall–Kier alpha value is -2.29. The van der Waals surface area contributed by atoms with Gasteiger partial charge in [0.05, 0.1) is 13.2 Å². The van der Waals surface area contributed by atoms with E-state index in [1.54, 1.807) is 6.20 Å². The van der Waals surface area contributed by atoms with Crippen LogP contribution in [0.25, 0.3) is 0 Å². The van der Waals surface area contributed by atoms with E-state index in [2.05, 4.69) is 10.3 Å². The van der Waals surface area contributed by atoms with Crippen LogP contribution in [-0.2, 0) is 19.1 Å². The summed E-state index contributed by atoms with van der Waals surface area (Å²) in [4.78, 5) is 31.3. The van der Waals surface area contributed by atoms with Gasteiger partial charge in [0, 0.05) is 24.7 Å². The second-order valence-corrected chi connectivity index (χ2v) is 8.84. The molecule has 0 radical (unpaired) electrons. The summed E-state index contributed by atoms with van der Waals surface area (Å²) in [6.07, 6.45) is 1.05. The summed E-state index contributed by atoms with van der Waals surface area (Å²) >= 11 is 1.50. The van der Waals surface area contributed by atoms with Gasteiger partial charge in [0.25, 0.3) is 0 Å². The second-order valence-electron chi connectivity index (χ2n) is 7.91. The van der Waals surface area contributed by atoms with Crippen LogP contribution < -0.4 is 5.32 Å². The number of thiazole rings is 1. The zero-order valence-electron chi connectivity index (χ0n) is 17.0. The Morgan fingerprint density at radius 2 is 2.10 bits per heavy atom. The molecule has 0 bridgehead atoms. The van der Waals surface area contributed by atoms with Gasteiger partial charge in [-0.05, 0) is 26.3 Å². The van der Waals surface area contributed by atoms with Crippen molar-refractivity contribution in [1.29, 1.82) is 0 Å². The molecule has 8 heteroatoms. The van der Waals surface area contributed by atoms with Gasteiger partial charge in [0.2, 0.25) is 5.91 Å². The molecule has 1 aromatic carbocycles. The SMILES string of the molecule is CC(C)(C)OC(=O)[C@@H]1CN(CC(=O)N[C@@H](c2ccccc2)c2nccs2)CCO1. The maximum atomic E-state index is 12.8. The third-order valence-corrected chi connectivity index (χ3v) is 5.16. The average molecular weight is 418 g/mol. The number of hydrogen-bond acceptors (Lipinski definition) is 7. The summed E-state index contributed by atoms with van der Waals surface area (Å²) in [7, 11) is 0. The Balaban J connectivity index is 1.61. The highest BCUT2D eigenvalue weighted by Gasteiger charge is 2.31. The Bertz CT molecular complexity index is 805. The summed E-state index contributed by atoms with van der Waals surface area (Å²) in [5.41, 5.74) is 0.404. The molecule has 1 aliphatic rings. The van der Waals surface area contributed by atoms with Crippen molar-refractivity contribution < 1.29 is 19.1 Å². The number of nitrogens with one attached hydrogen (secondary N) is 1. The molecule has 1 saturated heterocycles. The number of hydrogen-bond donors (Lipinski definition) is 1. The van der Waals surface area contributed by atoms with Crippen molar-refractivity contribution in [2.75, 3.05) is 26.2 Å². The molecule has 0 aliphatic carbocycles. The number of rotatable bonds is 6. The number of aromatic nitrogens is 1. The summed E-state index contributed by atoms with van der Waals surface area (Å²) in [5.74, 6) is -0.522. The van der Waals surface area contributed by atoms with Crippen molar-refractivity contribution >= 4 is 23.2 Å². The van der Waals surface area contributed by atoms with Crippen molar-refractivity contribution in [3.8, 4) is 0 Å². The maximum Gasteiger partial charge on any atom is 0.337 e. The number of benzene rings is 1. The number of morpholine rings is 1. The molecule has 1 fully saturated rings. The molecular weight excluding hydrogens is 390 g/mol. The van der Waals surface area contributed by atoms with E-state index in [-0.39, 0.29) is 18.5 Å². The zero-order valence-corrected chi connectivity index (χ0v) is 17.8. The highest BCUT2D eigenvalue weighted by Crippen LogP contribution is 2.23. The van der Waals surface area contributed by atoms with Crippen LogP contribution in [-0.4, -0.2) is 59.7 Å². The van der Waals surface area contributed by atoms with Crippen LogP contribution in [0.3, 0.4) is 0 Å². The summed E-state index contributed by atoms with van der Waals surface area (Å²) in [6, 6.07) is 9.46. The van der Waals surface area contributed by atoms with Crippen molar-refractivity contribution in [1.82, 2.24) is 15.2 Å². The first-order valence-electron chi connectivity index (χ1n) is 9.62. The fraction of sp³-hybridized carbons (Fsp3) is 0.476. The molecule has 1 aromatic heterocycles. The molecule has 7 nitrogen and oxygen atoms in total. The molecule has 1 N–H and O–H groups in total. The van der Waals surface area contributed by atoms with E-state index in [4.69, 9.17) is 9.47 Å². The molecule has 0 saturated carbocycles. The van der Waals surface area contributed by atoms with E-state index in [0.717, 1.165) is 10.6 Å². The summed E-state index contributed by atoms with van der Waals surface area (Å²) in [5, 5.41) is 5.80. The van der Waals surface area contributed by atoms with Gasteiger partial charge in [0.15, 0.2) is 6.10 Å². The largest absolute Gasteiger partial charge is 0.458 e. The molecule has 2 heterocycles.